The molecule has 1 fully saturated rings. The minimum Gasteiger partial charge on any atom is -0.366 e. The molecule has 0 aromatic carbocycles. The Hall–Kier alpha value is -0.630. The summed E-state index contributed by atoms with van der Waals surface area (Å²) in [5.41, 5.74) is 0. The zero-order chi connectivity index (χ0) is 8.43. The summed E-state index contributed by atoms with van der Waals surface area (Å²) in [6.07, 6.45) is 1.83. The Morgan fingerprint density at radius 2 is 2.27 bits per heavy atom. The van der Waals surface area contributed by atoms with E-state index in [1.807, 2.05) is 13.8 Å². The lowest BCUT2D eigenvalue weighted by molar-refractivity contribution is -0.139. The van der Waals surface area contributed by atoms with Gasteiger partial charge >= 0.3 is 0 Å². The molecule has 62 valence electrons. The van der Waals surface area contributed by atoms with Crippen LogP contribution in [0.5, 0.6) is 0 Å². The Bertz CT molecular complexity index is 172. The van der Waals surface area contributed by atoms with Crippen LogP contribution >= 0.6 is 0 Å². The largest absolute Gasteiger partial charge is 0.366 e. The molecular formula is C9H14O2. The molecule has 1 heterocycles. The molecule has 0 aliphatic carbocycles. The predicted molar refractivity (Wildman–Crippen MR) is 43.3 cm³/mol. The fourth-order valence-corrected chi connectivity index (χ4v) is 1.32. The highest BCUT2D eigenvalue weighted by molar-refractivity contribution is 5.82. The first-order valence-corrected chi connectivity index (χ1v) is 3.93. The van der Waals surface area contributed by atoms with E-state index in [2.05, 4.69) is 6.58 Å². The lowest BCUT2D eigenvalue weighted by Crippen LogP contribution is -2.38. The van der Waals surface area contributed by atoms with Gasteiger partial charge in [-0.3, -0.25) is 4.79 Å². The first kappa shape index (κ1) is 8.47. The van der Waals surface area contributed by atoms with Gasteiger partial charge < -0.3 is 4.74 Å². The molecule has 0 radical (unpaired) electrons. The van der Waals surface area contributed by atoms with Gasteiger partial charge in [0.1, 0.15) is 6.61 Å². The van der Waals surface area contributed by atoms with Gasteiger partial charge in [-0.1, -0.05) is 19.9 Å². The Labute approximate surface area is 67.2 Å². The van der Waals surface area contributed by atoms with E-state index in [4.69, 9.17) is 4.74 Å². The zero-order valence-electron chi connectivity index (χ0n) is 7.04. The molecule has 2 nitrogen and oxygen atoms in total. The van der Waals surface area contributed by atoms with Gasteiger partial charge in [0.05, 0.1) is 6.10 Å². The lowest BCUT2D eigenvalue weighted by atomic mass is 9.85. The molecular weight excluding hydrogens is 140 g/mol. The maximum atomic E-state index is 11.1. The number of ketones is 1. The van der Waals surface area contributed by atoms with Crippen molar-refractivity contribution >= 4 is 5.78 Å². The average molecular weight is 154 g/mol. The van der Waals surface area contributed by atoms with E-state index in [-0.39, 0.29) is 30.3 Å². The maximum Gasteiger partial charge on any atom is 0.161 e. The molecule has 0 amide bonds. The molecule has 0 saturated carbocycles. The molecule has 0 aromatic heterocycles. The highest BCUT2D eigenvalue weighted by Gasteiger charge is 2.31. The molecule has 3 unspecified atom stereocenters. The van der Waals surface area contributed by atoms with Crippen LogP contribution in [0.15, 0.2) is 12.7 Å². The van der Waals surface area contributed by atoms with Crippen LogP contribution in [0.25, 0.3) is 0 Å². The fraction of sp³-hybridized carbons (Fsp3) is 0.667. The second kappa shape index (κ2) is 3.18. The standard InChI is InChI=1S/C9H14O2/c1-4-9-7(3)6(2)8(10)5-11-9/h4,6-7,9H,1,5H2,2-3H3. The first-order chi connectivity index (χ1) is 5.16. The van der Waals surface area contributed by atoms with E-state index in [1.54, 1.807) is 6.08 Å². The van der Waals surface area contributed by atoms with Crippen LogP contribution in [0.1, 0.15) is 13.8 Å². The number of hydrogen-bond acceptors (Lipinski definition) is 2. The van der Waals surface area contributed by atoms with Crippen LogP contribution in [0.2, 0.25) is 0 Å². The van der Waals surface area contributed by atoms with Gasteiger partial charge in [0.15, 0.2) is 5.78 Å². The summed E-state index contributed by atoms with van der Waals surface area (Å²) in [7, 11) is 0. The van der Waals surface area contributed by atoms with Gasteiger partial charge in [-0.25, -0.2) is 0 Å². The van der Waals surface area contributed by atoms with Crippen molar-refractivity contribution in [1.29, 1.82) is 0 Å². The third-order valence-electron chi connectivity index (χ3n) is 2.47. The van der Waals surface area contributed by atoms with Crippen molar-refractivity contribution in [3.63, 3.8) is 0 Å². The van der Waals surface area contributed by atoms with Gasteiger partial charge in [-0.15, -0.1) is 6.58 Å². The Balaban J connectivity index is 2.66. The van der Waals surface area contributed by atoms with E-state index in [9.17, 15) is 4.79 Å². The molecule has 2 heteroatoms. The molecule has 0 bridgehead atoms. The van der Waals surface area contributed by atoms with Crippen molar-refractivity contribution in [3.8, 4) is 0 Å². The van der Waals surface area contributed by atoms with Crippen LogP contribution in [0.4, 0.5) is 0 Å². The fourth-order valence-electron chi connectivity index (χ4n) is 1.32. The molecule has 3 atom stereocenters. The maximum absolute atomic E-state index is 11.1. The predicted octanol–water partition coefficient (Wildman–Crippen LogP) is 1.41. The van der Waals surface area contributed by atoms with E-state index in [0.29, 0.717) is 0 Å². The highest BCUT2D eigenvalue weighted by atomic mass is 16.5. The van der Waals surface area contributed by atoms with Gasteiger partial charge in [-0.2, -0.15) is 0 Å². The molecule has 1 rings (SSSR count). The van der Waals surface area contributed by atoms with Crippen LogP contribution < -0.4 is 0 Å². The van der Waals surface area contributed by atoms with Crippen molar-refractivity contribution < 1.29 is 9.53 Å². The van der Waals surface area contributed by atoms with Crippen LogP contribution in [0, 0.1) is 11.8 Å². The average Bonchev–Trinajstić information content (AvgIpc) is 2.01. The number of ether oxygens (including phenoxy) is 1. The second-order valence-electron chi connectivity index (χ2n) is 3.13. The van der Waals surface area contributed by atoms with E-state index >= 15 is 0 Å². The van der Waals surface area contributed by atoms with E-state index in [1.165, 1.54) is 0 Å². The van der Waals surface area contributed by atoms with E-state index < -0.39 is 0 Å². The highest BCUT2D eigenvalue weighted by Crippen LogP contribution is 2.24. The Kier molecular flexibility index (Phi) is 2.45. The van der Waals surface area contributed by atoms with Gasteiger partial charge in [0.2, 0.25) is 0 Å². The molecule has 0 spiro atoms. The van der Waals surface area contributed by atoms with Crippen LogP contribution in [0.3, 0.4) is 0 Å². The summed E-state index contributed by atoms with van der Waals surface area (Å²) >= 11 is 0. The van der Waals surface area contributed by atoms with E-state index in [0.717, 1.165) is 0 Å². The molecule has 11 heavy (non-hydrogen) atoms. The van der Waals surface area contributed by atoms with Gasteiger partial charge in [-0.05, 0) is 5.92 Å². The topological polar surface area (TPSA) is 26.3 Å². The number of carbonyl (C=O) groups is 1. The third-order valence-corrected chi connectivity index (χ3v) is 2.47. The Morgan fingerprint density at radius 3 is 2.82 bits per heavy atom. The van der Waals surface area contributed by atoms with Crippen LogP contribution in [-0.2, 0) is 9.53 Å². The summed E-state index contributed by atoms with van der Waals surface area (Å²) in [5, 5.41) is 0. The molecule has 0 N–H and O–H groups in total. The van der Waals surface area contributed by atoms with Crippen molar-refractivity contribution in [2.24, 2.45) is 11.8 Å². The third kappa shape index (κ3) is 1.51. The van der Waals surface area contributed by atoms with Gasteiger partial charge in [0.25, 0.3) is 0 Å². The summed E-state index contributed by atoms with van der Waals surface area (Å²) < 4.78 is 5.25. The summed E-state index contributed by atoms with van der Waals surface area (Å²) in [4.78, 5) is 11.1. The summed E-state index contributed by atoms with van der Waals surface area (Å²) in [6, 6.07) is 0. The number of carbonyl (C=O) groups excluding carboxylic acids is 1. The van der Waals surface area contributed by atoms with Crippen molar-refractivity contribution in [2.75, 3.05) is 6.61 Å². The van der Waals surface area contributed by atoms with Crippen molar-refractivity contribution in [3.05, 3.63) is 12.7 Å². The lowest BCUT2D eigenvalue weighted by Gasteiger charge is -2.30. The number of rotatable bonds is 1. The summed E-state index contributed by atoms with van der Waals surface area (Å²) in [5.74, 6) is 0.594. The minimum atomic E-state index is 0.0581. The monoisotopic (exact) mass is 154 g/mol. The first-order valence-electron chi connectivity index (χ1n) is 3.93. The molecule has 1 aliphatic heterocycles. The number of hydrogen-bond donors (Lipinski definition) is 0. The molecule has 1 aliphatic rings. The quantitative estimate of drug-likeness (QED) is 0.534. The van der Waals surface area contributed by atoms with Crippen molar-refractivity contribution in [2.45, 2.75) is 20.0 Å². The smallest absolute Gasteiger partial charge is 0.161 e. The van der Waals surface area contributed by atoms with Crippen molar-refractivity contribution in [1.82, 2.24) is 0 Å². The zero-order valence-corrected chi connectivity index (χ0v) is 7.04. The van der Waals surface area contributed by atoms with Crippen LogP contribution in [-0.4, -0.2) is 18.5 Å². The van der Waals surface area contributed by atoms with Gasteiger partial charge in [0, 0.05) is 5.92 Å². The normalized spacial score (nSPS) is 38.7. The molecule has 1 saturated heterocycles. The molecule has 0 aromatic rings. The second-order valence-corrected chi connectivity index (χ2v) is 3.13. The Morgan fingerprint density at radius 1 is 1.64 bits per heavy atom. The SMILES string of the molecule is C=CC1OCC(=O)C(C)C1C. The summed E-state index contributed by atoms with van der Waals surface area (Å²) in [6.45, 7) is 7.88. The number of Topliss-reactive ketones (excluding diaryl/α,β-unsaturated/α-hetero) is 1. The minimum absolute atomic E-state index is 0.0581.